The predicted octanol–water partition coefficient (Wildman–Crippen LogP) is 3.95. The molecule has 0 saturated carbocycles. The fourth-order valence-electron chi connectivity index (χ4n) is 2.04. The molecule has 0 atom stereocenters. The predicted molar refractivity (Wildman–Crippen MR) is 96.8 cm³/mol. The van der Waals surface area contributed by atoms with E-state index in [1.54, 1.807) is 34.4 Å². The molecule has 22 heavy (non-hydrogen) atoms. The van der Waals surface area contributed by atoms with Gasteiger partial charge in [0.25, 0.3) is 0 Å². The number of thiazole rings is 1. The van der Waals surface area contributed by atoms with Gasteiger partial charge in [-0.2, -0.15) is 0 Å². The monoisotopic (exact) mass is 348 g/mol. The summed E-state index contributed by atoms with van der Waals surface area (Å²) in [4.78, 5) is 17.7. The first-order valence-electron chi connectivity index (χ1n) is 7.02. The van der Waals surface area contributed by atoms with Crippen LogP contribution in [0.3, 0.4) is 0 Å². The lowest BCUT2D eigenvalue weighted by Gasteiger charge is -2.03. The highest BCUT2D eigenvalue weighted by Gasteiger charge is 2.06. The van der Waals surface area contributed by atoms with Crippen LogP contribution in [0.5, 0.6) is 0 Å². The van der Waals surface area contributed by atoms with Gasteiger partial charge in [0.2, 0.25) is 5.91 Å². The van der Waals surface area contributed by atoms with Gasteiger partial charge in [-0.3, -0.25) is 4.79 Å². The standard InChI is InChI=1S/C16H16N2OS3/c19-15(17-8-7-12-4-3-9-21-12)10-20-11-16-18-13-5-1-2-6-14(13)22-16/h1-6,9H,7-8,10-11H2,(H,17,19). The molecule has 0 spiro atoms. The second kappa shape index (κ2) is 7.76. The van der Waals surface area contributed by atoms with E-state index in [0.29, 0.717) is 12.3 Å². The number of nitrogens with one attached hydrogen (secondary N) is 1. The van der Waals surface area contributed by atoms with Gasteiger partial charge in [0, 0.05) is 17.2 Å². The number of aromatic nitrogens is 1. The van der Waals surface area contributed by atoms with E-state index in [2.05, 4.69) is 27.8 Å². The number of rotatable bonds is 7. The number of hydrogen-bond acceptors (Lipinski definition) is 5. The number of carbonyl (C=O) groups is 1. The summed E-state index contributed by atoms with van der Waals surface area (Å²) in [5.74, 6) is 1.38. The lowest BCUT2D eigenvalue weighted by atomic mass is 10.3. The highest BCUT2D eigenvalue weighted by atomic mass is 32.2. The zero-order valence-corrected chi connectivity index (χ0v) is 14.4. The molecule has 0 bridgehead atoms. The maximum atomic E-state index is 11.8. The van der Waals surface area contributed by atoms with Gasteiger partial charge in [0.15, 0.2) is 0 Å². The van der Waals surface area contributed by atoms with Crippen molar-refractivity contribution in [3.05, 3.63) is 51.7 Å². The number of hydrogen-bond donors (Lipinski definition) is 1. The summed E-state index contributed by atoms with van der Waals surface area (Å²) >= 11 is 5.05. The van der Waals surface area contributed by atoms with E-state index in [1.165, 1.54) is 9.58 Å². The lowest BCUT2D eigenvalue weighted by Crippen LogP contribution is -2.27. The Labute approximate surface area is 141 Å². The van der Waals surface area contributed by atoms with E-state index in [1.807, 2.05) is 24.3 Å². The van der Waals surface area contributed by atoms with Crippen LogP contribution in [0, 0.1) is 0 Å². The topological polar surface area (TPSA) is 42.0 Å². The van der Waals surface area contributed by atoms with Crippen LogP contribution >= 0.6 is 34.4 Å². The maximum Gasteiger partial charge on any atom is 0.230 e. The molecule has 2 aromatic heterocycles. The molecular weight excluding hydrogens is 332 g/mol. The van der Waals surface area contributed by atoms with E-state index in [4.69, 9.17) is 0 Å². The first-order valence-corrected chi connectivity index (χ1v) is 9.87. The number of nitrogens with zero attached hydrogens (tertiary/aromatic N) is 1. The van der Waals surface area contributed by atoms with E-state index in [-0.39, 0.29) is 5.91 Å². The summed E-state index contributed by atoms with van der Waals surface area (Å²) in [5.41, 5.74) is 1.04. The van der Waals surface area contributed by atoms with E-state index in [0.717, 1.165) is 22.7 Å². The molecule has 0 aliphatic rings. The van der Waals surface area contributed by atoms with E-state index < -0.39 is 0 Å². The molecule has 0 saturated heterocycles. The Balaban J connectivity index is 1.38. The van der Waals surface area contributed by atoms with Gasteiger partial charge in [0.1, 0.15) is 5.01 Å². The van der Waals surface area contributed by atoms with Gasteiger partial charge in [-0.25, -0.2) is 4.98 Å². The molecule has 0 fully saturated rings. The molecule has 0 unspecified atom stereocenters. The molecule has 6 heteroatoms. The number of benzene rings is 1. The Hall–Kier alpha value is -1.37. The van der Waals surface area contributed by atoms with E-state index in [9.17, 15) is 4.79 Å². The molecule has 0 aliphatic carbocycles. The summed E-state index contributed by atoms with van der Waals surface area (Å²) < 4.78 is 1.21. The zero-order valence-electron chi connectivity index (χ0n) is 12.0. The van der Waals surface area contributed by atoms with Crippen LogP contribution in [-0.2, 0) is 17.0 Å². The van der Waals surface area contributed by atoms with E-state index >= 15 is 0 Å². The lowest BCUT2D eigenvalue weighted by molar-refractivity contribution is -0.118. The number of para-hydroxylation sites is 1. The van der Waals surface area contributed by atoms with Crippen LogP contribution in [0.4, 0.5) is 0 Å². The second-order valence-corrected chi connectivity index (χ2v) is 7.88. The smallest absolute Gasteiger partial charge is 0.230 e. The summed E-state index contributed by atoms with van der Waals surface area (Å²) in [5, 5.41) is 6.11. The first kappa shape index (κ1) is 15.5. The average Bonchev–Trinajstić information content (AvgIpc) is 3.15. The summed E-state index contributed by atoms with van der Waals surface area (Å²) in [6, 6.07) is 12.3. The molecule has 114 valence electrons. The van der Waals surface area contributed by atoms with Crippen molar-refractivity contribution in [3.63, 3.8) is 0 Å². The van der Waals surface area contributed by atoms with Gasteiger partial charge in [0.05, 0.1) is 16.0 Å². The first-order chi connectivity index (χ1) is 10.8. The molecule has 1 aromatic carbocycles. The fraction of sp³-hybridized carbons (Fsp3) is 0.250. The SMILES string of the molecule is O=C(CSCc1nc2ccccc2s1)NCCc1cccs1. The van der Waals surface area contributed by atoms with Crippen molar-refractivity contribution in [1.29, 1.82) is 0 Å². The van der Waals surface area contributed by atoms with Crippen LogP contribution in [0.15, 0.2) is 41.8 Å². The molecule has 0 radical (unpaired) electrons. The van der Waals surface area contributed by atoms with Gasteiger partial charge in [-0.05, 0) is 30.0 Å². The number of carbonyl (C=O) groups excluding carboxylic acids is 1. The van der Waals surface area contributed by atoms with Crippen molar-refractivity contribution < 1.29 is 4.79 Å². The third-order valence-corrected chi connectivity index (χ3v) is 6.17. The zero-order chi connectivity index (χ0) is 15.2. The molecule has 1 N–H and O–H groups in total. The Bertz CT molecular complexity index is 704. The summed E-state index contributed by atoms with van der Waals surface area (Å²) in [6.45, 7) is 0.709. The van der Waals surface area contributed by atoms with Gasteiger partial charge in [-0.15, -0.1) is 34.4 Å². The van der Waals surface area contributed by atoms with Crippen molar-refractivity contribution in [2.75, 3.05) is 12.3 Å². The summed E-state index contributed by atoms with van der Waals surface area (Å²) in [7, 11) is 0. The quantitative estimate of drug-likeness (QED) is 0.703. The number of fused-ring (bicyclic) bond motifs is 1. The second-order valence-electron chi connectivity index (χ2n) is 4.75. The van der Waals surface area contributed by atoms with Crippen LogP contribution in [-0.4, -0.2) is 23.2 Å². The Kier molecular flexibility index (Phi) is 5.48. The summed E-state index contributed by atoms with van der Waals surface area (Å²) in [6.07, 6.45) is 0.909. The van der Waals surface area contributed by atoms with Crippen LogP contribution in [0.1, 0.15) is 9.88 Å². The molecule has 1 amide bonds. The van der Waals surface area contributed by atoms with Crippen molar-refractivity contribution >= 4 is 50.6 Å². The van der Waals surface area contributed by atoms with Crippen molar-refractivity contribution in [1.82, 2.24) is 10.3 Å². The molecule has 3 rings (SSSR count). The third kappa shape index (κ3) is 4.32. The molecule has 3 aromatic rings. The van der Waals surface area contributed by atoms with Gasteiger partial charge >= 0.3 is 0 Å². The fourth-order valence-corrected chi connectivity index (χ4v) is 4.63. The number of thiophene rings is 1. The van der Waals surface area contributed by atoms with Gasteiger partial charge < -0.3 is 5.32 Å². The Morgan fingerprint density at radius 1 is 1.23 bits per heavy atom. The van der Waals surface area contributed by atoms with Crippen molar-refractivity contribution in [2.45, 2.75) is 12.2 Å². The maximum absolute atomic E-state index is 11.8. The Morgan fingerprint density at radius 2 is 2.14 bits per heavy atom. The van der Waals surface area contributed by atoms with Crippen LogP contribution in [0.2, 0.25) is 0 Å². The highest BCUT2D eigenvalue weighted by Crippen LogP contribution is 2.24. The molecule has 2 heterocycles. The molecule has 0 aliphatic heterocycles. The minimum Gasteiger partial charge on any atom is -0.355 e. The number of amides is 1. The van der Waals surface area contributed by atoms with Crippen LogP contribution in [0.25, 0.3) is 10.2 Å². The highest BCUT2D eigenvalue weighted by molar-refractivity contribution is 7.99. The van der Waals surface area contributed by atoms with Crippen molar-refractivity contribution in [3.8, 4) is 0 Å². The number of thioether (sulfide) groups is 1. The minimum absolute atomic E-state index is 0.0997. The Morgan fingerprint density at radius 3 is 2.95 bits per heavy atom. The van der Waals surface area contributed by atoms with Gasteiger partial charge in [-0.1, -0.05) is 18.2 Å². The molecular formula is C16H16N2OS3. The molecule has 3 nitrogen and oxygen atoms in total. The third-order valence-electron chi connectivity index (χ3n) is 3.07. The minimum atomic E-state index is 0.0997. The average molecular weight is 349 g/mol. The normalized spacial score (nSPS) is 10.9. The van der Waals surface area contributed by atoms with Crippen LogP contribution < -0.4 is 5.32 Å². The van der Waals surface area contributed by atoms with Crippen molar-refractivity contribution in [2.24, 2.45) is 0 Å². The largest absolute Gasteiger partial charge is 0.355 e.